The van der Waals surface area contributed by atoms with Gasteiger partial charge >= 0.3 is 0 Å². The Bertz CT molecular complexity index is 430. The minimum atomic E-state index is -2.89. The molecule has 0 aliphatic heterocycles. The van der Waals surface area contributed by atoms with Gasteiger partial charge in [-0.2, -0.15) is 0 Å². The van der Waals surface area contributed by atoms with Crippen molar-refractivity contribution in [3.63, 3.8) is 0 Å². The van der Waals surface area contributed by atoms with Gasteiger partial charge in [-0.3, -0.25) is 0 Å². The lowest BCUT2D eigenvalue weighted by molar-refractivity contribution is -0.0307. The molecule has 1 aromatic carbocycles. The Labute approximate surface area is 108 Å². The van der Waals surface area contributed by atoms with E-state index in [4.69, 9.17) is 5.73 Å². The molecule has 0 aromatic heterocycles. The molecule has 1 rings (SSSR count). The molecule has 3 heteroatoms. The van der Waals surface area contributed by atoms with Crippen molar-refractivity contribution in [2.75, 3.05) is 0 Å². The Morgan fingerprint density at radius 3 is 1.72 bits per heavy atom. The van der Waals surface area contributed by atoms with Crippen LogP contribution in [0.3, 0.4) is 0 Å². The lowest BCUT2D eigenvalue weighted by Crippen LogP contribution is -2.38. The van der Waals surface area contributed by atoms with Crippen LogP contribution in [0.25, 0.3) is 0 Å². The summed E-state index contributed by atoms with van der Waals surface area (Å²) >= 11 is 0. The van der Waals surface area contributed by atoms with Gasteiger partial charge in [-0.15, -0.1) is 0 Å². The Kier molecular flexibility index (Phi) is 3.87. The molecule has 18 heavy (non-hydrogen) atoms. The molecule has 0 amide bonds. The fraction of sp³-hybridized carbons (Fsp3) is 0.600. The molecule has 0 spiro atoms. The van der Waals surface area contributed by atoms with E-state index in [1.54, 1.807) is 27.7 Å². The lowest BCUT2D eigenvalue weighted by Gasteiger charge is -2.29. The molecule has 0 atom stereocenters. The molecular weight excluding hydrogens is 232 g/mol. The summed E-state index contributed by atoms with van der Waals surface area (Å²) in [5.41, 5.74) is 8.18. The van der Waals surface area contributed by atoms with Crippen LogP contribution in [0, 0.1) is 27.7 Å². The minimum Gasteiger partial charge on any atom is -0.325 e. The third kappa shape index (κ3) is 3.08. The highest BCUT2D eigenvalue weighted by Crippen LogP contribution is 2.40. The van der Waals surface area contributed by atoms with Gasteiger partial charge in [0.1, 0.15) is 0 Å². The number of nitrogens with two attached hydrogens (primary N) is 1. The molecule has 0 aliphatic carbocycles. The molecule has 0 saturated heterocycles. The number of benzene rings is 1. The second kappa shape index (κ2) is 4.61. The predicted octanol–water partition coefficient (Wildman–Crippen LogP) is 4.14. The second-order valence-electron chi connectivity index (χ2n) is 6.01. The van der Waals surface area contributed by atoms with Gasteiger partial charge in [0.05, 0.1) is 0 Å². The van der Waals surface area contributed by atoms with Crippen LogP contribution in [0.2, 0.25) is 0 Å². The first-order valence-corrected chi connectivity index (χ1v) is 6.20. The average molecular weight is 255 g/mol. The van der Waals surface area contributed by atoms with E-state index < -0.39 is 11.5 Å². The molecule has 0 saturated carbocycles. The smallest absolute Gasteiger partial charge is 0.275 e. The molecule has 0 aliphatic rings. The molecule has 1 nitrogen and oxygen atoms in total. The Morgan fingerprint density at radius 2 is 1.39 bits per heavy atom. The SMILES string of the molecule is Cc1cc(C)c(C)c(C(F)(F)CC(C)(C)N)c1C. The van der Waals surface area contributed by atoms with Crippen molar-refractivity contribution in [2.45, 2.75) is 59.4 Å². The van der Waals surface area contributed by atoms with Gasteiger partial charge in [-0.25, -0.2) is 8.78 Å². The van der Waals surface area contributed by atoms with Gasteiger partial charge in [-0.05, 0) is 63.8 Å². The van der Waals surface area contributed by atoms with Crippen molar-refractivity contribution >= 4 is 0 Å². The first kappa shape index (κ1) is 15.1. The normalized spacial score (nSPS) is 12.9. The molecule has 102 valence electrons. The summed E-state index contributed by atoms with van der Waals surface area (Å²) in [6.45, 7) is 10.5. The molecule has 0 heterocycles. The Balaban J connectivity index is 3.40. The first-order valence-electron chi connectivity index (χ1n) is 6.20. The van der Waals surface area contributed by atoms with E-state index in [2.05, 4.69) is 0 Å². The van der Waals surface area contributed by atoms with Crippen LogP contribution in [0.1, 0.15) is 48.1 Å². The highest BCUT2D eigenvalue weighted by Gasteiger charge is 2.39. The van der Waals surface area contributed by atoms with Crippen LogP contribution in [0.4, 0.5) is 8.78 Å². The molecule has 1 aromatic rings. The van der Waals surface area contributed by atoms with Crippen LogP contribution in [0.5, 0.6) is 0 Å². The number of hydrogen-bond acceptors (Lipinski definition) is 1. The van der Waals surface area contributed by atoms with Crippen molar-refractivity contribution < 1.29 is 8.78 Å². The van der Waals surface area contributed by atoms with Crippen molar-refractivity contribution in [1.82, 2.24) is 0 Å². The third-order valence-electron chi connectivity index (χ3n) is 3.41. The summed E-state index contributed by atoms with van der Waals surface area (Å²) in [4.78, 5) is 0. The number of rotatable bonds is 3. The zero-order chi connectivity index (χ0) is 14.3. The second-order valence-corrected chi connectivity index (χ2v) is 6.01. The van der Waals surface area contributed by atoms with Crippen molar-refractivity contribution in [3.05, 3.63) is 33.9 Å². The zero-order valence-electron chi connectivity index (χ0n) is 12.1. The predicted molar refractivity (Wildman–Crippen MR) is 72.2 cm³/mol. The standard InChI is InChI=1S/C15H23F2N/c1-9-7-10(2)12(4)13(11(9)3)15(16,17)8-14(5,6)18/h7H,8,18H2,1-6H3. The summed E-state index contributed by atoms with van der Waals surface area (Å²) in [5.74, 6) is -2.89. The lowest BCUT2D eigenvalue weighted by atomic mass is 9.85. The van der Waals surface area contributed by atoms with Gasteiger partial charge in [0.25, 0.3) is 5.92 Å². The van der Waals surface area contributed by atoms with E-state index in [0.29, 0.717) is 11.1 Å². The first-order chi connectivity index (χ1) is 7.96. The third-order valence-corrected chi connectivity index (χ3v) is 3.41. The molecule has 2 N–H and O–H groups in total. The Morgan fingerprint density at radius 1 is 1.00 bits per heavy atom. The zero-order valence-corrected chi connectivity index (χ0v) is 12.1. The van der Waals surface area contributed by atoms with E-state index >= 15 is 0 Å². The van der Waals surface area contributed by atoms with E-state index in [9.17, 15) is 8.78 Å². The average Bonchev–Trinajstić information content (AvgIpc) is 2.10. The summed E-state index contributed by atoms with van der Waals surface area (Å²) in [5, 5.41) is 0. The van der Waals surface area contributed by atoms with Gasteiger partial charge in [0.2, 0.25) is 0 Å². The largest absolute Gasteiger partial charge is 0.325 e. The fourth-order valence-electron chi connectivity index (χ4n) is 2.43. The van der Waals surface area contributed by atoms with Gasteiger partial charge in [0.15, 0.2) is 0 Å². The summed E-state index contributed by atoms with van der Waals surface area (Å²) < 4.78 is 28.9. The van der Waals surface area contributed by atoms with Crippen LogP contribution in [0.15, 0.2) is 6.07 Å². The van der Waals surface area contributed by atoms with E-state index in [1.807, 2.05) is 19.9 Å². The molecule has 0 unspecified atom stereocenters. The number of hydrogen-bond donors (Lipinski definition) is 1. The summed E-state index contributed by atoms with van der Waals surface area (Å²) in [6.07, 6.45) is -0.343. The van der Waals surface area contributed by atoms with E-state index in [-0.39, 0.29) is 12.0 Å². The monoisotopic (exact) mass is 255 g/mol. The molecule has 0 bridgehead atoms. The maximum atomic E-state index is 14.5. The van der Waals surface area contributed by atoms with Crippen molar-refractivity contribution in [3.8, 4) is 0 Å². The van der Waals surface area contributed by atoms with Crippen LogP contribution in [-0.4, -0.2) is 5.54 Å². The molecule has 0 radical (unpaired) electrons. The van der Waals surface area contributed by atoms with Gasteiger partial charge in [-0.1, -0.05) is 6.07 Å². The van der Waals surface area contributed by atoms with Crippen LogP contribution >= 0.6 is 0 Å². The highest BCUT2D eigenvalue weighted by molar-refractivity contribution is 5.46. The quantitative estimate of drug-likeness (QED) is 0.863. The number of alkyl halides is 2. The topological polar surface area (TPSA) is 26.0 Å². The maximum Gasteiger partial charge on any atom is 0.275 e. The van der Waals surface area contributed by atoms with Crippen LogP contribution in [-0.2, 0) is 5.92 Å². The summed E-state index contributed by atoms with van der Waals surface area (Å²) in [7, 11) is 0. The van der Waals surface area contributed by atoms with E-state index in [1.165, 1.54) is 0 Å². The van der Waals surface area contributed by atoms with E-state index in [0.717, 1.165) is 11.1 Å². The maximum absolute atomic E-state index is 14.5. The number of halogens is 2. The minimum absolute atomic E-state index is 0.151. The van der Waals surface area contributed by atoms with Crippen molar-refractivity contribution in [1.29, 1.82) is 0 Å². The fourth-order valence-corrected chi connectivity index (χ4v) is 2.43. The van der Waals surface area contributed by atoms with Gasteiger partial charge < -0.3 is 5.73 Å². The summed E-state index contributed by atoms with van der Waals surface area (Å²) in [6, 6.07) is 1.96. The van der Waals surface area contributed by atoms with Crippen LogP contribution < -0.4 is 5.73 Å². The van der Waals surface area contributed by atoms with Gasteiger partial charge in [0, 0.05) is 17.5 Å². The molecule has 0 fully saturated rings. The highest BCUT2D eigenvalue weighted by atomic mass is 19.3. The number of aryl methyl sites for hydroxylation is 2. The Hall–Kier alpha value is -0.960. The molecular formula is C15H23F2N. The van der Waals surface area contributed by atoms with Crippen molar-refractivity contribution in [2.24, 2.45) is 5.73 Å².